The largest absolute Gasteiger partial charge is 0.419 e. The van der Waals surface area contributed by atoms with Gasteiger partial charge in [0.2, 0.25) is 5.89 Å². The van der Waals surface area contributed by atoms with Gasteiger partial charge in [-0.25, -0.2) is 0 Å². The molecular weight excluding hydrogens is 322 g/mol. The highest BCUT2D eigenvalue weighted by atomic mass is 32.1. The lowest BCUT2D eigenvalue weighted by Gasteiger charge is -2.32. The van der Waals surface area contributed by atoms with Gasteiger partial charge in [0, 0.05) is 4.88 Å². The zero-order chi connectivity index (χ0) is 16.5. The molecule has 2 aromatic heterocycles. The predicted molar refractivity (Wildman–Crippen MR) is 93.0 cm³/mol. The summed E-state index contributed by atoms with van der Waals surface area (Å²) in [6, 6.07) is 2.22. The van der Waals surface area contributed by atoms with E-state index in [1.807, 2.05) is 0 Å². The molecule has 1 aliphatic carbocycles. The van der Waals surface area contributed by atoms with Crippen molar-refractivity contribution in [2.45, 2.75) is 64.5 Å². The van der Waals surface area contributed by atoms with Gasteiger partial charge in [-0.3, -0.25) is 9.69 Å². The highest BCUT2D eigenvalue weighted by Gasteiger charge is 2.27. The second kappa shape index (κ2) is 6.76. The molecule has 0 bridgehead atoms. The lowest BCUT2D eigenvalue weighted by molar-refractivity contribution is -0.123. The molecule has 0 spiro atoms. The van der Waals surface area contributed by atoms with Crippen LogP contribution in [0.4, 0.5) is 0 Å². The van der Waals surface area contributed by atoms with Crippen LogP contribution in [0.25, 0.3) is 10.8 Å². The monoisotopic (exact) mass is 345 g/mol. The van der Waals surface area contributed by atoms with Gasteiger partial charge in [0.05, 0.1) is 17.5 Å². The van der Waals surface area contributed by atoms with E-state index in [1.54, 1.807) is 18.3 Å². The van der Waals surface area contributed by atoms with E-state index in [1.165, 1.54) is 36.1 Å². The number of rotatable bonds is 4. The molecule has 1 fully saturated rings. The van der Waals surface area contributed by atoms with Gasteiger partial charge >= 0.3 is 0 Å². The topological polar surface area (TPSA) is 59.2 Å². The van der Waals surface area contributed by atoms with Crippen LogP contribution in [0.3, 0.4) is 0 Å². The molecule has 0 amide bonds. The average Bonchev–Trinajstić information content (AvgIpc) is 3.21. The van der Waals surface area contributed by atoms with E-state index in [9.17, 15) is 4.79 Å². The molecule has 6 heteroatoms. The summed E-state index contributed by atoms with van der Waals surface area (Å²) in [6.45, 7) is 3.18. The highest BCUT2D eigenvalue weighted by molar-refractivity contribution is 7.15. The fourth-order valence-corrected chi connectivity index (χ4v) is 5.00. The van der Waals surface area contributed by atoms with Crippen molar-refractivity contribution in [2.75, 3.05) is 6.54 Å². The molecule has 0 saturated carbocycles. The molecule has 128 valence electrons. The Bertz CT molecular complexity index is 713. The Morgan fingerprint density at radius 2 is 2.17 bits per heavy atom. The number of aryl methyl sites for hydroxylation is 2. The van der Waals surface area contributed by atoms with Crippen molar-refractivity contribution in [3.05, 3.63) is 22.4 Å². The SMILES string of the molecule is CC(=O)C1CCCCN1Cc1nnc(-c2cc3c(s2)CCCC3)o1. The Hall–Kier alpha value is -1.53. The van der Waals surface area contributed by atoms with Crippen molar-refractivity contribution in [2.24, 2.45) is 0 Å². The number of thiophene rings is 1. The van der Waals surface area contributed by atoms with Crippen LogP contribution in [0, 0.1) is 0 Å². The van der Waals surface area contributed by atoms with Crippen molar-refractivity contribution in [3.63, 3.8) is 0 Å². The average molecular weight is 345 g/mol. The van der Waals surface area contributed by atoms with Crippen molar-refractivity contribution in [1.82, 2.24) is 15.1 Å². The van der Waals surface area contributed by atoms with Gasteiger partial charge in [-0.15, -0.1) is 21.5 Å². The highest BCUT2D eigenvalue weighted by Crippen LogP contribution is 2.35. The summed E-state index contributed by atoms with van der Waals surface area (Å²) in [5.74, 6) is 1.48. The first-order chi connectivity index (χ1) is 11.7. The van der Waals surface area contributed by atoms with Crippen molar-refractivity contribution < 1.29 is 9.21 Å². The summed E-state index contributed by atoms with van der Waals surface area (Å²) in [5.41, 5.74) is 1.45. The standard InChI is InChI=1S/C18H23N3O2S/c1-12(22)14-7-4-5-9-21(14)11-17-19-20-18(23-17)16-10-13-6-2-3-8-15(13)24-16/h10,14H,2-9,11H2,1H3. The van der Waals surface area contributed by atoms with E-state index in [2.05, 4.69) is 21.2 Å². The molecule has 1 atom stereocenters. The number of nitrogens with zero attached hydrogens (tertiary/aromatic N) is 3. The maximum atomic E-state index is 11.8. The first kappa shape index (κ1) is 16.0. The van der Waals surface area contributed by atoms with Crippen LogP contribution >= 0.6 is 11.3 Å². The Labute approximate surface area is 146 Å². The number of piperidine rings is 1. The van der Waals surface area contributed by atoms with Crippen molar-refractivity contribution >= 4 is 17.1 Å². The van der Waals surface area contributed by atoms with E-state index < -0.39 is 0 Å². The number of carbonyl (C=O) groups excluding carboxylic acids is 1. The van der Waals surface area contributed by atoms with Crippen LogP contribution in [0.5, 0.6) is 0 Å². The van der Waals surface area contributed by atoms with E-state index in [-0.39, 0.29) is 11.8 Å². The minimum Gasteiger partial charge on any atom is -0.419 e. The van der Waals surface area contributed by atoms with Gasteiger partial charge in [-0.2, -0.15) is 0 Å². The molecule has 2 aromatic rings. The third-order valence-corrected chi connectivity index (χ3v) is 6.32. The summed E-state index contributed by atoms with van der Waals surface area (Å²) in [4.78, 5) is 16.6. The number of ketones is 1. The van der Waals surface area contributed by atoms with Crippen molar-refractivity contribution in [3.8, 4) is 10.8 Å². The third kappa shape index (κ3) is 3.17. The lowest BCUT2D eigenvalue weighted by Crippen LogP contribution is -2.43. The number of Topliss-reactive ketones (excluding diaryl/α,β-unsaturated/α-hetero) is 1. The normalized spacial score (nSPS) is 21.6. The van der Waals surface area contributed by atoms with E-state index in [0.717, 1.165) is 30.7 Å². The molecular formula is C18H23N3O2S. The van der Waals surface area contributed by atoms with Crippen LogP contribution < -0.4 is 0 Å². The summed E-state index contributed by atoms with van der Waals surface area (Å²) in [6.07, 6.45) is 8.09. The number of hydrogen-bond acceptors (Lipinski definition) is 6. The molecule has 2 aliphatic rings. The van der Waals surface area contributed by atoms with Crippen LogP contribution in [-0.2, 0) is 24.2 Å². The Balaban J connectivity index is 1.50. The van der Waals surface area contributed by atoms with Gasteiger partial charge in [0.15, 0.2) is 0 Å². The van der Waals surface area contributed by atoms with Gasteiger partial charge < -0.3 is 4.42 Å². The second-order valence-electron chi connectivity index (χ2n) is 6.86. The van der Waals surface area contributed by atoms with Crippen LogP contribution in [0.1, 0.15) is 55.4 Å². The predicted octanol–water partition coefficient (Wildman–Crippen LogP) is 3.62. The maximum Gasteiger partial charge on any atom is 0.257 e. The molecule has 24 heavy (non-hydrogen) atoms. The quantitative estimate of drug-likeness (QED) is 0.847. The number of hydrogen-bond donors (Lipinski definition) is 0. The van der Waals surface area contributed by atoms with Crippen molar-refractivity contribution in [1.29, 1.82) is 0 Å². The minimum atomic E-state index is 0.00292. The minimum absolute atomic E-state index is 0.00292. The lowest BCUT2D eigenvalue weighted by atomic mass is 9.99. The second-order valence-corrected chi connectivity index (χ2v) is 8.00. The molecule has 3 heterocycles. The smallest absolute Gasteiger partial charge is 0.257 e. The van der Waals surface area contributed by atoms with Gasteiger partial charge in [0.25, 0.3) is 5.89 Å². The molecule has 0 aromatic carbocycles. The Morgan fingerprint density at radius 1 is 1.29 bits per heavy atom. The number of fused-ring (bicyclic) bond motifs is 1. The van der Waals surface area contributed by atoms with E-state index in [4.69, 9.17) is 4.42 Å². The Kier molecular flexibility index (Phi) is 4.50. The first-order valence-electron chi connectivity index (χ1n) is 8.89. The van der Waals surface area contributed by atoms with E-state index in [0.29, 0.717) is 18.3 Å². The molecule has 4 rings (SSSR count). The molecule has 0 radical (unpaired) electrons. The van der Waals surface area contributed by atoms with Gasteiger partial charge in [-0.1, -0.05) is 6.42 Å². The number of carbonyl (C=O) groups is 1. The zero-order valence-electron chi connectivity index (χ0n) is 14.1. The maximum absolute atomic E-state index is 11.8. The van der Waals surface area contributed by atoms with E-state index >= 15 is 0 Å². The summed E-state index contributed by atoms with van der Waals surface area (Å²) < 4.78 is 5.91. The molecule has 5 nitrogen and oxygen atoms in total. The summed E-state index contributed by atoms with van der Waals surface area (Å²) in [5, 5.41) is 8.47. The number of likely N-dealkylation sites (tertiary alicyclic amines) is 1. The zero-order valence-corrected chi connectivity index (χ0v) is 14.9. The van der Waals surface area contributed by atoms with Crippen LogP contribution in [0.2, 0.25) is 0 Å². The van der Waals surface area contributed by atoms with Gasteiger partial charge in [-0.05, 0) is 63.6 Å². The molecule has 1 aliphatic heterocycles. The molecule has 1 unspecified atom stereocenters. The number of aromatic nitrogens is 2. The third-order valence-electron chi connectivity index (χ3n) is 5.10. The molecule has 0 N–H and O–H groups in total. The summed E-state index contributed by atoms with van der Waals surface area (Å²) in [7, 11) is 0. The summed E-state index contributed by atoms with van der Waals surface area (Å²) >= 11 is 1.79. The van der Waals surface area contributed by atoms with Crippen LogP contribution in [0.15, 0.2) is 10.5 Å². The van der Waals surface area contributed by atoms with Crippen LogP contribution in [-0.4, -0.2) is 33.5 Å². The fraction of sp³-hybridized carbons (Fsp3) is 0.611. The Morgan fingerprint density at radius 3 is 3.00 bits per heavy atom. The first-order valence-corrected chi connectivity index (χ1v) is 9.71. The fourth-order valence-electron chi connectivity index (χ4n) is 3.83. The van der Waals surface area contributed by atoms with Gasteiger partial charge in [0.1, 0.15) is 5.78 Å². The molecule has 1 saturated heterocycles.